The Kier molecular flexibility index (Phi) is 3.16. The quantitative estimate of drug-likeness (QED) is 0.717. The van der Waals surface area contributed by atoms with Gasteiger partial charge in [0.1, 0.15) is 5.82 Å². The van der Waals surface area contributed by atoms with E-state index < -0.39 is 0 Å². The van der Waals surface area contributed by atoms with Crippen LogP contribution >= 0.6 is 0 Å². The highest BCUT2D eigenvalue weighted by atomic mass is 16.3. The number of benzene rings is 2. The Balaban J connectivity index is 2.23. The van der Waals surface area contributed by atoms with E-state index in [1.165, 1.54) is 0 Å². The second-order valence-electron chi connectivity index (χ2n) is 4.87. The smallest absolute Gasteiger partial charge is 0.141 e. The first-order valence-corrected chi connectivity index (χ1v) is 6.63. The highest BCUT2D eigenvalue weighted by molar-refractivity contribution is 5.81. The molecule has 4 heteroatoms. The summed E-state index contributed by atoms with van der Waals surface area (Å²) in [6, 6.07) is 13.9. The van der Waals surface area contributed by atoms with Crippen LogP contribution in [0.25, 0.3) is 22.4 Å². The lowest BCUT2D eigenvalue weighted by Gasteiger charge is -2.09. The number of anilines is 1. The average molecular weight is 267 g/mol. The van der Waals surface area contributed by atoms with Crippen LogP contribution in [0.4, 0.5) is 5.69 Å². The lowest BCUT2D eigenvalue weighted by atomic mass is 10.1. The molecule has 20 heavy (non-hydrogen) atoms. The third-order valence-electron chi connectivity index (χ3n) is 3.52. The normalized spacial score (nSPS) is 11.1. The van der Waals surface area contributed by atoms with Gasteiger partial charge in [0.25, 0.3) is 0 Å². The van der Waals surface area contributed by atoms with E-state index in [4.69, 9.17) is 5.73 Å². The predicted octanol–water partition coefficient (Wildman–Crippen LogP) is 2.59. The van der Waals surface area contributed by atoms with Crippen LogP contribution in [0.2, 0.25) is 0 Å². The second-order valence-corrected chi connectivity index (χ2v) is 4.87. The Morgan fingerprint density at radius 1 is 1.20 bits per heavy atom. The summed E-state index contributed by atoms with van der Waals surface area (Å²) in [5.74, 6) is 0.840. The minimum atomic E-state index is 0.0781. The predicted molar refractivity (Wildman–Crippen MR) is 81.4 cm³/mol. The number of aliphatic hydroxyl groups excluding tert-OH is 1. The molecule has 0 aliphatic heterocycles. The molecule has 2 aromatic carbocycles. The van der Waals surface area contributed by atoms with Gasteiger partial charge in [-0.05, 0) is 30.7 Å². The van der Waals surface area contributed by atoms with Crippen molar-refractivity contribution in [3.8, 4) is 11.4 Å². The molecule has 0 spiro atoms. The molecule has 102 valence electrons. The molecule has 0 aliphatic rings. The Bertz CT molecular complexity index is 762. The van der Waals surface area contributed by atoms with Gasteiger partial charge in [-0.1, -0.05) is 24.3 Å². The molecule has 3 rings (SSSR count). The molecule has 0 amide bonds. The van der Waals surface area contributed by atoms with Crippen molar-refractivity contribution in [2.75, 3.05) is 12.3 Å². The van der Waals surface area contributed by atoms with Gasteiger partial charge < -0.3 is 15.4 Å². The minimum Gasteiger partial charge on any atom is -0.398 e. The van der Waals surface area contributed by atoms with E-state index in [0.717, 1.165) is 33.7 Å². The van der Waals surface area contributed by atoms with Gasteiger partial charge in [-0.15, -0.1) is 0 Å². The Morgan fingerprint density at radius 2 is 2.00 bits per heavy atom. The van der Waals surface area contributed by atoms with E-state index in [-0.39, 0.29) is 6.61 Å². The molecular weight excluding hydrogens is 250 g/mol. The first kappa shape index (κ1) is 12.7. The highest BCUT2D eigenvalue weighted by Crippen LogP contribution is 2.27. The number of nitrogen functional groups attached to an aromatic ring is 1. The van der Waals surface area contributed by atoms with E-state index in [9.17, 15) is 5.11 Å². The van der Waals surface area contributed by atoms with Gasteiger partial charge in [-0.25, -0.2) is 4.98 Å². The van der Waals surface area contributed by atoms with Crippen LogP contribution in [-0.2, 0) is 6.54 Å². The summed E-state index contributed by atoms with van der Waals surface area (Å²) in [6.07, 6.45) is 0. The molecule has 0 unspecified atom stereocenters. The largest absolute Gasteiger partial charge is 0.398 e. The van der Waals surface area contributed by atoms with Crippen molar-refractivity contribution < 1.29 is 5.11 Å². The summed E-state index contributed by atoms with van der Waals surface area (Å²) in [5, 5.41) is 9.29. The fraction of sp³-hybridized carbons (Fsp3) is 0.188. The van der Waals surface area contributed by atoms with E-state index in [1.54, 1.807) is 0 Å². The van der Waals surface area contributed by atoms with Crippen molar-refractivity contribution in [3.05, 3.63) is 48.0 Å². The zero-order valence-corrected chi connectivity index (χ0v) is 11.4. The Morgan fingerprint density at radius 3 is 2.75 bits per heavy atom. The van der Waals surface area contributed by atoms with Gasteiger partial charge in [0.15, 0.2) is 0 Å². The standard InChI is InChI=1S/C16H17N3O/c1-11-6-7-12(10-13(11)17)16-18-14-4-2-3-5-15(14)19(16)8-9-20/h2-7,10,20H,8-9,17H2,1H3. The summed E-state index contributed by atoms with van der Waals surface area (Å²) in [5.41, 5.74) is 10.7. The summed E-state index contributed by atoms with van der Waals surface area (Å²) in [6.45, 7) is 2.58. The zero-order valence-electron chi connectivity index (χ0n) is 11.4. The number of hydrogen-bond donors (Lipinski definition) is 2. The van der Waals surface area contributed by atoms with Crippen LogP contribution in [-0.4, -0.2) is 21.3 Å². The van der Waals surface area contributed by atoms with E-state index >= 15 is 0 Å². The molecular formula is C16H17N3O. The molecule has 0 fully saturated rings. The van der Waals surface area contributed by atoms with Crippen LogP contribution < -0.4 is 5.73 Å². The van der Waals surface area contributed by atoms with E-state index in [2.05, 4.69) is 4.98 Å². The maximum Gasteiger partial charge on any atom is 0.141 e. The third-order valence-corrected chi connectivity index (χ3v) is 3.52. The highest BCUT2D eigenvalue weighted by Gasteiger charge is 2.12. The fourth-order valence-corrected chi connectivity index (χ4v) is 2.40. The van der Waals surface area contributed by atoms with E-state index in [0.29, 0.717) is 6.54 Å². The molecule has 1 heterocycles. The minimum absolute atomic E-state index is 0.0781. The number of aromatic nitrogens is 2. The summed E-state index contributed by atoms with van der Waals surface area (Å²) in [7, 11) is 0. The number of para-hydroxylation sites is 2. The van der Waals surface area contributed by atoms with Crippen LogP contribution in [0.5, 0.6) is 0 Å². The van der Waals surface area contributed by atoms with Crippen molar-refractivity contribution in [2.45, 2.75) is 13.5 Å². The lowest BCUT2D eigenvalue weighted by Crippen LogP contribution is -2.04. The molecule has 3 N–H and O–H groups in total. The number of rotatable bonds is 3. The van der Waals surface area contributed by atoms with Gasteiger partial charge >= 0.3 is 0 Å². The molecule has 0 atom stereocenters. The number of aryl methyl sites for hydroxylation is 1. The topological polar surface area (TPSA) is 64.1 Å². The van der Waals surface area contributed by atoms with Gasteiger partial charge in [0, 0.05) is 17.8 Å². The first-order chi connectivity index (χ1) is 9.70. The molecule has 0 bridgehead atoms. The zero-order chi connectivity index (χ0) is 14.1. The maximum absolute atomic E-state index is 9.29. The summed E-state index contributed by atoms with van der Waals surface area (Å²) >= 11 is 0. The number of nitrogens with two attached hydrogens (primary N) is 1. The Labute approximate surface area is 117 Å². The van der Waals surface area contributed by atoms with Gasteiger partial charge in [-0.3, -0.25) is 0 Å². The molecule has 0 saturated carbocycles. The van der Waals surface area contributed by atoms with Gasteiger partial charge in [0.05, 0.1) is 17.6 Å². The number of fused-ring (bicyclic) bond motifs is 1. The Hall–Kier alpha value is -2.33. The number of nitrogens with zero attached hydrogens (tertiary/aromatic N) is 2. The van der Waals surface area contributed by atoms with Gasteiger partial charge in [-0.2, -0.15) is 0 Å². The molecule has 4 nitrogen and oxygen atoms in total. The van der Waals surface area contributed by atoms with Crippen molar-refractivity contribution >= 4 is 16.7 Å². The average Bonchev–Trinajstić information content (AvgIpc) is 2.82. The molecule has 0 radical (unpaired) electrons. The van der Waals surface area contributed by atoms with Crippen molar-refractivity contribution in [2.24, 2.45) is 0 Å². The van der Waals surface area contributed by atoms with Gasteiger partial charge in [0.2, 0.25) is 0 Å². The van der Waals surface area contributed by atoms with Crippen molar-refractivity contribution in [3.63, 3.8) is 0 Å². The molecule has 0 saturated heterocycles. The lowest BCUT2D eigenvalue weighted by molar-refractivity contribution is 0.278. The summed E-state index contributed by atoms with van der Waals surface area (Å²) < 4.78 is 2.03. The van der Waals surface area contributed by atoms with Crippen LogP contribution in [0, 0.1) is 6.92 Å². The van der Waals surface area contributed by atoms with Crippen LogP contribution in [0.1, 0.15) is 5.56 Å². The fourth-order valence-electron chi connectivity index (χ4n) is 2.40. The molecule has 3 aromatic rings. The number of hydrogen-bond acceptors (Lipinski definition) is 3. The van der Waals surface area contributed by atoms with Crippen LogP contribution in [0.3, 0.4) is 0 Å². The maximum atomic E-state index is 9.29. The SMILES string of the molecule is Cc1ccc(-c2nc3ccccc3n2CCO)cc1N. The molecule has 0 aliphatic carbocycles. The van der Waals surface area contributed by atoms with Crippen molar-refractivity contribution in [1.82, 2.24) is 9.55 Å². The number of imidazole rings is 1. The third kappa shape index (κ3) is 2.04. The molecule has 1 aromatic heterocycles. The second kappa shape index (κ2) is 4.98. The van der Waals surface area contributed by atoms with Crippen LogP contribution in [0.15, 0.2) is 42.5 Å². The van der Waals surface area contributed by atoms with Crippen molar-refractivity contribution in [1.29, 1.82) is 0 Å². The van der Waals surface area contributed by atoms with E-state index in [1.807, 2.05) is 54.0 Å². The first-order valence-electron chi connectivity index (χ1n) is 6.63. The summed E-state index contributed by atoms with van der Waals surface area (Å²) in [4.78, 5) is 4.67. The number of aliphatic hydroxyl groups is 1. The monoisotopic (exact) mass is 267 g/mol.